The van der Waals surface area contributed by atoms with Gasteiger partial charge in [-0.25, -0.2) is 13.4 Å². The second-order valence-corrected chi connectivity index (χ2v) is 11.6. The molecule has 2 aromatic carbocycles. The number of pyridine rings is 1. The number of piperidine rings is 1. The van der Waals surface area contributed by atoms with Crippen LogP contribution in [0.5, 0.6) is 0 Å². The summed E-state index contributed by atoms with van der Waals surface area (Å²) in [7, 11) is 0. The Morgan fingerprint density at radius 2 is 1.92 bits per heavy atom. The van der Waals surface area contributed by atoms with Crippen LogP contribution < -0.4 is 0 Å². The van der Waals surface area contributed by atoms with Crippen molar-refractivity contribution in [3.63, 3.8) is 0 Å². The van der Waals surface area contributed by atoms with Gasteiger partial charge in [0.25, 0.3) is 0 Å². The van der Waals surface area contributed by atoms with E-state index in [2.05, 4.69) is 14.4 Å². The molecule has 1 aliphatic heterocycles. The number of halogens is 3. The van der Waals surface area contributed by atoms with Gasteiger partial charge in [0.15, 0.2) is 5.78 Å². The van der Waals surface area contributed by atoms with Crippen LogP contribution in [-0.4, -0.2) is 37.9 Å². The van der Waals surface area contributed by atoms with Crippen LogP contribution in [0.2, 0.25) is 10.0 Å². The molecule has 0 amide bonds. The Labute approximate surface area is 228 Å². The second-order valence-electron chi connectivity index (χ2n) is 9.60. The van der Waals surface area contributed by atoms with Crippen molar-refractivity contribution in [3.8, 4) is 5.69 Å². The van der Waals surface area contributed by atoms with Gasteiger partial charge in [0, 0.05) is 29.9 Å². The van der Waals surface area contributed by atoms with E-state index in [9.17, 15) is 9.18 Å². The van der Waals surface area contributed by atoms with Gasteiger partial charge in [-0.1, -0.05) is 29.3 Å². The van der Waals surface area contributed by atoms with Gasteiger partial charge in [-0.05, 0) is 97.3 Å². The van der Waals surface area contributed by atoms with Crippen LogP contribution in [-0.2, 0) is 12.8 Å². The summed E-state index contributed by atoms with van der Waals surface area (Å²) in [4.78, 5) is 19.6. The molecule has 2 unspecified atom stereocenters. The van der Waals surface area contributed by atoms with Crippen molar-refractivity contribution >= 4 is 40.9 Å². The number of Topliss-reactive ketones (excluding diaryl/α,β-unsaturated/α-hetero) is 1. The lowest BCUT2D eigenvalue weighted by Crippen LogP contribution is -2.55. The Morgan fingerprint density at radius 3 is 2.68 bits per heavy atom. The fourth-order valence-electron chi connectivity index (χ4n) is 5.60. The van der Waals surface area contributed by atoms with Crippen molar-refractivity contribution in [1.82, 2.24) is 19.1 Å². The number of ketones is 1. The molecule has 0 spiro atoms. The topological polar surface area (TPSA) is 51.0 Å². The van der Waals surface area contributed by atoms with Crippen molar-refractivity contribution < 1.29 is 9.18 Å². The first-order valence-electron chi connectivity index (χ1n) is 12.1. The zero-order chi connectivity index (χ0) is 25.6. The van der Waals surface area contributed by atoms with Gasteiger partial charge in [0.05, 0.1) is 27.3 Å². The maximum atomic E-state index is 14.2. The average molecular weight is 553 g/mol. The van der Waals surface area contributed by atoms with E-state index in [1.165, 1.54) is 12.1 Å². The van der Waals surface area contributed by atoms with Crippen molar-refractivity contribution in [3.05, 3.63) is 106 Å². The molecular formula is C28H23Cl2FN4OS. The summed E-state index contributed by atoms with van der Waals surface area (Å²) in [5.41, 5.74) is 2.81. The first-order valence-corrected chi connectivity index (χ1v) is 13.6. The fraction of sp³-hybridized carbons (Fsp3) is 0.250. The molecule has 5 nitrogen and oxygen atoms in total. The molecule has 1 fully saturated rings. The van der Waals surface area contributed by atoms with Crippen LogP contribution in [0.15, 0.2) is 78.0 Å². The van der Waals surface area contributed by atoms with E-state index in [0.29, 0.717) is 28.7 Å². The highest BCUT2D eigenvalue weighted by Crippen LogP contribution is 2.49. The lowest BCUT2D eigenvalue weighted by atomic mass is 9.60. The third-order valence-corrected chi connectivity index (χ3v) is 9.19. The second kappa shape index (κ2) is 9.87. The monoisotopic (exact) mass is 552 g/mol. The smallest absolute Gasteiger partial charge is 0.189 e. The van der Waals surface area contributed by atoms with Crippen LogP contribution in [0, 0.1) is 17.2 Å². The van der Waals surface area contributed by atoms with E-state index in [1.54, 1.807) is 42.4 Å². The van der Waals surface area contributed by atoms with Crippen molar-refractivity contribution in [2.75, 3.05) is 13.1 Å². The molecule has 0 bridgehead atoms. The fourth-order valence-corrected chi connectivity index (χ4v) is 7.05. The van der Waals surface area contributed by atoms with Crippen LogP contribution in [0.3, 0.4) is 0 Å². The first-order chi connectivity index (χ1) is 17.9. The zero-order valence-corrected chi connectivity index (χ0v) is 22.1. The van der Waals surface area contributed by atoms with Crippen molar-refractivity contribution in [2.45, 2.75) is 24.2 Å². The molecule has 37 heavy (non-hydrogen) atoms. The van der Waals surface area contributed by atoms with E-state index in [1.807, 2.05) is 35.1 Å². The molecular weight excluding hydrogens is 530 g/mol. The number of hydrogen-bond donors (Lipinski definition) is 0. The number of rotatable bonds is 5. The predicted octanol–water partition coefficient (Wildman–Crippen LogP) is 6.71. The van der Waals surface area contributed by atoms with Crippen molar-refractivity contribution in [1.29, 1.82) is 0 Å². The molecule has 0 radical (unpaired) electrons. The summed E-state index contributed by atoms with van der Waals surface area (Å²) in [6.45, 7) is 1.41. The van der Waals surface area contributed by atoms with Gasteiger partial charge in [-0.3, -0.25) is 9.78 Å². The Morgan fingerprint density at radius 1 is 1.08 bits per heavy atom. The number of carbonyl (C=O) groups is 1. The van der Waals surface area contributed by atoms with Crippen LogP contribution in [0.1, 0.15) is 28.2 Å². The van der Waals surface area contributed by atoms with E-state index in [0.717, 1.165) is 41.2 Å². The van der Waals surface area contributed by atoms with Crippen LogP contribution >= 0.6 is 35.1 Å². The highest BCUT2D eigenvalue weighted by atomic mass is 35.5. The molecule has 3 heterocycles. The molecule has 6 rings (SSSR count). The van der Waals surface area contributed by atoms with E-state index in [-0.39, 0.29) is 17.5 Å². The predicted molar refractivity (Wildman–Crippen MR) is 144 cm³/mol. The normalized spacial score (nSPS) is 21.3. The minimum atomic E-state index is -0.639. The lowest BCUT2D eigenvalue weighted by Gasteiger charge is -2.49. The number of nitrogens with zero attached hydrogens (tertiary/aromatic N) is 4. The summed E-state index contributed by atoms with van der Waals surface area (Å²) in [6, 6.07) is 17.5. The maximum Gasteiger partial charge on any atom is 0.189 e. The summed E-state index contributed by atoms with van der Waals surface area (Å²) in [6.07, 6.45) is 5.66. The molecule has 9 heteroatoms. The highest BCUT2D eigenvalue weighted by molar-refractivity contribution is 7.97. The highest BCUT2D eigenvalue weighted by Gasteiger charge is 2.53. The number of benzene rings is 2. The molecule has 2 aliphatic rings. The molecule has 0 saturated carbocycles. The number of carbonyl (C=O) groups excluding carboxylic acids is 1. The minimum absolute atomic E-state index is 0.0673. The van der Waals surface area contributed by atoms with Gasteiger partial charge in [0.2, 0.25) is 0 Å². The number of aromatic nitrogens is 3. The average Bonchev–Trinajstić information content (AvgIpc) is 3.32. The Hall–Kier alpha value is -2.71. The largest absolute Gasteiger partial charge is 0.292 e. The Balaban J connectivity index is 1.36. The summed E-state index contributed by atoms with van der Waals surface area (Å²) in [5, 5.41) is 5.67. The quantitative estimate of drug-likeness (QED) is 0.203. The van der Waals surface area contributed by atoms with Crippen LogP contribution in [0.25, 0.3) is 5.69 Å². The van der Waals surface area contributed by atoms with Crippen LogP contribution in [0.4, 0.5) is 4.39 Å². The van der Waals surface area contributed by atoms with Gasteiger partial charge < -0.3 is 0 Å². The summed E-state index contributed by atoms with van der Waals surface area (Å²) >= 11 is 14.0. The van der Waals surface area contributed by atoms with Gasteiger partial charge in [-0.2, -0.15) is 5.10 Å². The van der Waals surface area contributed by atoms with E-state index in [4.69, 9.17) is 23.2 Å². The molecule has 0 N–H and O–H groups in total. The first kappa shape index (κ1) is 24.6. The summed E-state index contributed by atoms with van der Waals surface area (Å²) < 4.78 is 17.7. The molecule has 2 aromatic heterocycles. The molecule has 188 valence electrons. The zero-order valence-electron chi connectivity index (χ0n) is 19.8. The third kappa shape index (κ3) is 4.59. The van der Waals surface area contributed by atoms with Gasteiger partial charge in [0.1, 0.15) is 11.5 Å². The maximum absolute atomic E-state index is 14.2. The summed E-state index contributed by atoms with van der Waals surface area (Å²) in [5.74, 6) is -0.0922. The molecule has 1 aliphatic carbocycles. The number of fused-ring (bicyclic) bond motifs is 2. The van der Waals surface area contributed by atoms with Crippen molar-refractivity contribution in [2.24, 2.45) is 11.3 Å². The van der Waals surface area contributed by atoms with E-state index >= 15 is 0 Å². The molecule has 1 saturated heterocycles. The lowest BCUT2D eigenvalue weighted by molar-refractivity contribution is 0.0412. The molecule has 4 aromatic rings. The van der Waals surface area contributed by atoms with Gasteiger partial charge in [-0.15, -0.1) is 0 Å². The SMILES string of the molecule is O=C(c1ccccn1)C12Cc3cnn(-c4ccc(F)cc4)c3CC1CCN(Sc1ccc(Cl)c(Cl)c1)C2. The van der Waals surface area contributed by atoms with Gasteiger partial charge >= 0.3 is 0 Å². The third-order valence-electron chi connectivity index (χ3n) is 7.41. The Bertz CT molecular complexity index is 1460. The molecule has 2 atom stereocenters. The standard InChI is InChI=1S/C28H23Cl2FN4OS/c29-23-9-8-22(14-24(23)30)37-34-12-10-19-13-26-18(16-33-35(26)21-6-4-20(31)5-7-21)15-28(19,17-34)27(36)25-3-1-2-11-32-25/h1-9,11,14,16,19H,10,12-13,15,17H2. The van der Waals surface area contributed by atoms with E-state index < -0.39 is 5.41 Å². The minimum Gasteiger partial charge on any atom is -0.292 e. The number of hydrogen-bond acceptors (Lipinski definition) is 5. The Kier molecular flexibility index (Phi) is 6.57.